The third-order valence-corrected chi connectivity index (χ3v) is 3.05. The molecule has 1 aromatic carbocycles. The van der Waals surface area contributed by atoms with Crippen LogP contribution in [0.15, 0.2) is 30.3 Å². The first-order chi connectivity index (χ1) is 7.79. The number of anilines is 2. The summed E-state index contributed by atoms with van der Waals surface area (Å²) in [6, 6.07) is 10.3. The van der Waals surface area contributed by atoms with Crippen LogP contribution < -0.4 is 10.6 Å². The van der Waals surface area contributed by atoms with Crippen molar-refractivity contribution >= 4 is 22.2 Å². The highest BCUT2D eigenvalue weighted by Crippen LogP contribution is 2.19. The number of nitrogens with zero attached hydrogens (tertiary/aromatic N) is 3. The van der Waals surface area contributed by atoms with Crippen LogP contribution in [0.3, 0.4) is 0 Å². The lowest BCUT2D eigenvalue weighted by Crippen LogP contribution is -2.21. The number of para-hydroxylation sites is 1. The Hall–Kier alpha value is -1.62. The maximum absolute atomic E-state index is 5.56. The van der Waals surface area contributed by atoms with Gasteiger partial charge in [0.1, 0.15) is 5.01 Å². The fourth-order valence-corrected chi connectivity index (χ4v) is 2.14. The van der Waals surface area contributed by atoms with Crippen LogP contribution in [-0.4, -0.2) is 16.7 Å². The predicted molar refractivity (Wildman–Crippen MR) is 67.5 cm³/mol. The molecule has 2 N–H and O–H groups in total. The van der Waals surface area contributed by atoms with Crippen molar-refractivity contribution in [2.75, 3.05) is 17.2 Å². The molecule has 0 saturated carbocycles. The highest BCUT2D eigenvalue weighted by Gasteiger charge is 2.08. The van der Waals surface area contributed by atoms with Crippen LogP contribution in [0.5, 0.6) is 0 Å². The minimum absolute atomic E-state index is 0.527. The molecule has 1 heterocycles. The summed E-state index contributed by atoms with van der Waals surface area (Å²) in [7, 11) is 0. The molecule has 0 amide bonds. The number of rotatable bonds is 4. The summed E-state index contributed by atoms with van der Waals surface area (Å²) in [4.78, 5) is 2.24. The van der Waals surface area contributed by atoms with E-state index in [2.05, 4.69) is 34.2 Å². The van der Waals surface area contributed by atoms with E-state index in [0.29, 0.717) is 5.13 Å². The number of nitrogens with two attached hydrogens (primary N) is 1. The normalized spacial score (nSPS) is 10.3. The molecule has 0 spiro atoms. The van der Waals surface area contributed by atoms with Crippen molar-refractivity contribution in [3.63, 3.8) is 0 Å². The van der Waals surface area contributed by atoms with Crippen LogP contribution >= 0.6 is 11.3 Å². The van der Waals surface area contributed by atoms with Gasteiger partial charge in [-0.1, -0.05) is 29.5 Å². The zero-order valence-electron chi connectivity index (χ0n) is 9.13. The Labute approximate surface area is 98.7 Å². The third kappa shape index (κ3) is 2.49. The van der Waals surface area contributed by atoms with Crippen molar-refractivity contribution in [1.82, 2.24) is 10.2 Å². The zero-order chi connectivity index (χ0) is 11.4. The molecular weight excluding hydrogens is 220 g/mol. The Bertz CT molecular complexity index is 440. The fraction of sp³-hybridized carbons (Fsp3) is 0.273. The van der Waals surface area contributed by atoms with E-state index < -0.39 is 0 Å². The molecule has 0 aliphatic rings. The van der Waals surface area contributed by atoms with Gasteiger partial charge in [0.15, 0.2) is 0 Å². The molecule has 0 unspecified atom stereocenters. The summed E-state index contributed by atoms with van der Waals surface area (Å²) >= 11 is 1.44. The first kappa shape index (κ1) is 10.9. The monoisotopic (exact) mass is 234 g/mol. The SMILES string of the molecule is CCN(Cc1nnc(N)s1)c1ccccc1. The van der Waals surface area contributed by atoms with Crippen LogP contribution in [0.1, 0.15) is 11.9 Å². The quantitative estimate of drug-likeness (QED) is 0.880. The van der Waals surface area contributed by atoms with Gasteiger partial charge in [-0.15, -0.1) is 10.2 Å². The molecule has 2 rings (SSSR count). The minimum atomic E-state index is 0.527. The molecular formula is C11H14N4S. The fourth-order valence-electron chi connectivity index (χ4n) is 1.52. The van der Waals surface area contributed by atoms with Gasteiger partial charge in [-0.05, 0) is 19.1 Å². The van der Waals surface area contributed by atoms with E-state index in [9.17, 15) is 0 Å². The molecule has 0 aliphatic carbocycles. The van der Waals surface area contributed by atoms with Crippen LogP contribution in [0.25, 0.3) is 0 Å². The van der Waals surface area contributed by atoms with Gasteiger partial charge in [0.2, 0.25) is 5.13 Å². The molecule has 1 aromatic heterocycles. The molecule has 5 heteroatoms. The van der Waals surface area contributed by atoms with Gasteiger partial charge in [0, 0.05) is 12.2 Å². The first-order valence-corrected chi connectivity index (χ1v) is 5.99. The van der Waals surface area contributed by atoms with E-state index in [4.69, 9.17) is 5.73 Å². The van der Waals surface area contributed by atoms with E-state index in [1.54, 1.807) is 0 Å². The number of nitrogen functional groups attached to an aromatic ring is 1. The molecule has 0 aliphatic heterocycles. The van der Waals surface area contributed by atoms with Gasteiger partial charge in [0.25, 0.3) is 0 Å². The van der Waals surface area contributed by atoms with Crippen molar-refractivity contribution in [3.05, 3.63) is 35.3 Å². The third-order valence-electron chi connectivity index (χ3n) is 2.31. The van der Waals surface area contributed by atoms with E-state index in [1.807, 2.05) is 18.2 Å². The van der Waals surface area contributed by atoms with Crippen molar-refractivity contribution in [3.8, 4) is 0 Å². The second-order valence-corrected chi connectivity index (χ2v) is 4.48. The maximum atomic E-state index is 5.56. The maximum Gasteiger partial charge on any atom is 0.203 e. The summed E-state index contributed by atoms with van der Waals surface area (Å²) in [5.74, 6) is 0. The summed E-state index contributed by atoms with van der Waals surface area (Å²) in [5, 5.41) is 9.32. The smallest absolute Gasteiger partial charge is 0.203 e. The van der Waals surface area contributed by atoms with Gasteiger partial charge >= 0.3 is 0 Å². The number of benzene rings is 1. The van der Waals surface area contributed by atoms with Gasteiger partial charge in [-0.25, -0.2) is 0 Å². The molecule has 0 atom stereocenters. The van der Waals surface area contributed by atoms with E-state index in [0.717, 1.165) is 18.1 Å². The van der Waals surface area contributed by atoms with Gasteiger partial charge in [0.05, 0.1) is 6.54 Å². The first-order valence-electron chi connectivity index (χ1n) is 5.17. The summed E-state index contributed by atoms with van der Waals surface area (Å²) < 4.78 is 0. The Kier molecular flexibility index (Phi) is 3.36. The number of aromatic nitrogens is 2. The molecule has 4 nitrogen and oxygen atoms in total. The lowest BCUT2D eigenvalue weighted by molar-refractivity contribution is 0.812. The van der Waals surface area contributed by atoms with Crippen molar-refractivity contribution in [2.24, 2.45) is 0 Å². The molecule has 0 saturated heterocycles. The summed E-state index contributed by atoms with van der Waals surface area (Å²) in [5.41, 5.74) is 6.75. The van der Waals surface area contributed by atoms with Gasteiger partial charge < -0.3 is 10.6 Å². The second-order valence-electron chi connectivity index (χ2n) is 3.38. The highest BCUT2D eigenvalue weighted by molar-refractivity contribution is 7.15. The number of hydrogen-bond donors (Lipinski definition) is 1. The molecule has 2 aromatic rings. The van der Waals surface area contributed by atoms with E-state index in [-0.39, 0.29) is 0 Å². The molecule has 0 radical (unpaired) electrons. The topological polar surface area (TPSA) is 55.0 Å². The lowest BCUT2D eigenvalue weighted by Gasteiger charge is -2.21. The van der Waals surface area contributed by atoms with Crippen LogP contribution in [-0.2, 0) is 6.54 Å². The minimum Gasteiger partial charge on any atom is -0.374 e. The van der Waals surface area contributed by atoms with Crippen molar-refractivity contribution in [2.45, 2.75) is 13.5 Å². The molecule has 84 valence electrons. The largest absolute Gasteiger partial charge is 0.374 e. The van der Waals surface area contributed by atoms with E-state index >= 15 is 0 Å². The average molecular weight is 234 g/mol. The molecule has 16 heavy (non-hydrogen) atoms. The van der Waals surface area contributed by atoms with Crippen molar-refractivity contribution < 1.29 is 0 Å². The molecule has 0 fully saturated rings. The Morgan fingerprint density at radius 1 is 1.25 bits per heavy atom. The highest BCUT2D eigenvalue weighted by atomic mass is 32.1. The zero-order valence-corrected chi connectivity index (χ0v) is 9.94. The Morgan fingerprint density at radius 3 is 2.56 bits per heavy atom. The Balaban J connectivity index is 2.12. The van der Waals surface area contributed by atoms with Crippen molar-refractivity contribution in [1.29, 1.82) is 0 Å². The molecule has 0 bridgehead atoms. The summed E-state index contributed by atoms with van der Waals surface area (Å²) in [6.45, 7) is 3.82. The van der Waals surface area contributed by atoms with Crippen LogP contribution in [0.2, 0.25) is 0 Å². The van der Waals surface area contributed by atoms with Gasteiger partial charge in [-0.2, -0.15) is 0 Å². The lowest BCUT2D eigenvalue weighted by atomic mass is 10.3. The van der Waals surface area contributed by atoms with E-state index in [1.165, 1.54) is 17.0 Å². The average Bonchev–Trinajstić information content (AvgIpc) is 2.73. The van der Waals surface area contributed by atoms with Crippen LogP contribution in [0.4, 0.5) is 10.8 Å². The Morgan fingerprint density at radius 2 is 2.00 bits per heavy atom. The van der Waals surface area contributed by atoms with Gasteiger partial charge in [-0.3, -0.25) is 0 Å². The summed E-state index contributed by atoms with van der Waals surface area (Å²) in [6.07, 6.45) is 0. The second kappa shape index (κ2) is 4.94. The van der Waals surface area contributed by atoms with Crippen LogP contribution in [0, 0.1) is 0 Å². The predicted octanol–water partition coefficient (Wildman–Crippen LogP) is 2.15. The number of hydrogen-bond acceptors (Lipinski definition) is 5. The standard InChI is InChI=1S/C11H14N4S/c1-2-15(9-6-4-3-5-7-9)8-10-13-14-11(12)16-10/h3-7H,2,8H2,1H3,(H2,12,14).